The van der Waals surface area contributed by atoms with Crippen LogP contribution in [0.15, 0.2) is 12.3 Å². The molecule has 1 aromatic heterocycles. The highest BCUT2D eigenvalue weighted by Crippen LogP contribution is 2.21. The molecule has 1 aromatic rings. The van der Waals surface area contributed by atoms with Crippen LogP contribution in [0.25, 0.3) is 0 Å². The lowest BCUT2D eigenvalue weighted by molar-refractivity contribution is 0.0282. The number of aryl methyl sites for hydroxylation is 1. The lowest BCUT2D eigenvalue weighted by Crippen LogP contribution is -2.38. The average molecular weight is 308 g/mol. The summed E-state index contributed by atoms with van der Waals surface area (Å²) in [7, 11) is 1.36. The molecule has 0 saturated carbocycles. The molecule has 0 saturated heterocycles. The van der Waals surface area contributed by atoms with E-state index in [0.717, 1.165) is 16.9 Å². The molecule has 0 bridgehead atoms. The fraction of sp³-hybridized carbons (Fsp3) is 0.562. The van der Waals surface area contributed by atoms with Gasteiger partial charge in [-0.1, -0.05) is 6.92 Å². The largest absolute Gasteiger partial charge is 0.491 e. The van der Waals surface area contributed by atoms with Crippen LogP contribution in [0.5, 0.6) is 5.75 Å². The molecule has 0 aliphatic heterocycles. The van der Waals surface area contributed by atoms with Gasteiger partial charge >= 0.3 is 6.09 Å². The molecule has 0 aliphatic rings. The predicted molar refractivity (Wildman–Crippen MR) is 83.1 cm³/mol. The summed E-state index contributed by atoms with van der Waals surface area (Å²) in [6, 6.07) is 1.77. The van der Waals surface area contributed by atoms with Crippen molar-refractivity contribution in [3.8, 4) is 5.75 Å². The van der Waals surface area contributed by atoms with Crippen LogP contribution in [-0.2, 0) is 11.2 Å². The van der Waals surface area contributed by atoms with Crippen LogP contribution in [0.2, 0.25) is 0 Å². The van der Waals surface area contributed by atoms with E-state index in [0.29, 0.717) is 12.4 Å². The van der Waals surface area contributed by atoms with Gasteiger partial charge in [-0.3, -0.25) is 4.79 Å². The van der Waals surface area contributed by atoms with E-state index >= 15 is 0 Å². The van der Waals surface area contributed by atoms with Crippen molar-refractivity contribution < 1.29 is 19.1 Å². The van der Waals surface area contributed by atoms with E-state index in [1.807, 2.05) is 13.8 Å². The Morgan fingerprint density at radius 2 is 1.91 bits per heavy atom. The topological polar surface area (TPSA) is 68.7 Å². The Labute approximate surface area is 131 Å². The van der Waals surface area contributed by atoms with Gasteiger partial charge in [-0.2, -0.15) is 0 Å². The van der Waals surface area contributed by atoms with Crippen molar-refractivity contribution in [1.29, 1.82) is 0 Å². The van der Waals surface area contributed by atoms with Gasteiger partial charge < -0.3 is 9.47 Å². The average Bonchev–Trinajstić information content (AvgIpc) is 2.44. The molecule has 0 radical (unpaired) electrons. The standard InChI is InChI=1S/C16H24N2O4/c1-7-11-9-12(21-8-2)13(17-10-11)14(19)18(6)15(20)22-16(3,4)5/h9-10H,7-8H2,1-6H3. The minimum Gasteiger partial charge on any atom is -0.491 e. The van der Waals surface area contributed by atoms with Gasteiger partial charge in [0.2, 0.25) is 0 Å². The maximum Gasteiger partial charge on any atom is 0.417 e. The van der Waals surface area contributed by atoms with Crippen LogP contribution in [-0.4, -0.2) is 41.1 Å². The number of pyridine rings is 1. The predicted octanol–water partition coefficient (Wildman–Crippen LogP) is 3.05. The number of imide groups is 1. The normalized spacial score (nSPS) is 11.0. The van der Waals surface area contributed by atoms with E-state index in [9.17, 15) is 9.59 Å². The van der Waals surface area contributed by atoms with Crippen LogP contribution in [0.3, 0.4) is 0 Å². The molecule has 6 nitrogen and oxygen atoms in total. The van der Waals surface area contributed by atoms with Gasteiger partial charge in [-0.25, -0.2) is 14.7 Å². The molecular weight excluding hydrogens is 284 g/mol. The van der Waals surface area contributed by atoms with Crippen molar-refractivity contribution in [3.05, 3.63) is 23.5 Å². The summed E-state index contributed by atoms with van der Waals surface area (Å²) in [6.45, 7) is 9.44. The molecule has 0 unspecified atom stereocenters. The van der Waals surface area contributed by atoms with Crippen LogP contribution >= 0.6 is 0 Å². The summed E-state index contributed by atoms with van der Waals surface area (Å²) in [5, 5.41) is 0. The first kappa shape index (κ1) is 17.9. The Kier molecular flexibility index (Phi) is 5.91. The summed E-state index contributed by atoms with van der Waals surface area (Å²) in [5.74, 6) is -0.178. The maximum atomic E-state index is 12.4. The fourth-order valence-electron chi connectivity index (χ4n) is 1.68. The van der Waals surface area contributed by atoms with Crippen molar-refractivity contribution in [2.24, 2.45) is 0 Å². The van der Waals surface area contributed by atoms with Crippen molar-refractivity contribution >= 4 is 12.0 Å². The summed E-state index contributed by atoms with van der Waals surface area (Å²) in [5.41, 5.74) is 0.390. The third-order valence-electron chi connectivity index (χ3n) is 2.79. The zero-order valence-electron chi connectivity index (χ0n) is 14.1. The summed E-state index contributed by atoms with van der Waals surface area (Å²) in [6.07, 6.45) is 1.67. The Balaban J connectivity index is 3.03. The van der Waals surface area contributed by atoms with Crippen molar-refractivity contribution in [2.75, 3.05) is 13.7 Å². The lowest BCUT2D eigenvalue weighted by atomic mass is 10.2. The van der Waals surface area contributed by atoms with Crippen LogP contribution in [0.4, 0.5) is 4.79 Å². The van der Waals surface area contributed by atoms with Gasteiger partial charge in [0.25, 0.3) is 5.91 Å². The number of hydrogen-bond acceptors (Lipinski definition) is 5. The smallest absolute Gasteiger partial charge is 0.417 e. The number of hydrogen-bond donors (Lipinski definition) is 0. The zero-order valence-corrected chi connectivity index (χ0v) is 14.1. The first-order chi connectivity index (χ1) is 10.2. The molecule has 0 N–H and O–H groups in total. The van der Waals surface area contributed by atoms with Gasteiger partial charge in [0.15, 0.2) is 11.4 Å². The van der Waals surface area contributed by atoms with Gasteiger partial charge in [-0.15, -0.1) is 0 Å². The summed E-state index contributed by atoms with van der Waals surface area (Å²) >= 11 is 0. The van der Waals surface area contributed by atoms with E-state index in [1.165, 1.54) is 7.05 Å². The van der Waals surface area contributed by atoms with Crippen LogP contribution in [0.1, 0.15) is 50.7 Å². The third kappa shape index (κ3) is 4.72. The molecule has 122 valence electrons. The highest BCUT2D eigenvalue weighted by molar-refractivity contribution is 6.03. The van der Waals surface area contributed by atoms with Gasteiger partial charge in [0.05, 0.1) is 6.61 Å². The first-order valence-corrected chi connectivity index (χ1v) is 7.32. The highest BCUT2D eigenvalue weighted by Gasteiger charge is 2.27. The van der Waals surface area contributed by atoms with E-state index in [4.69, 9.17) is 9.47 Å². The molecular formula is C16H24N2O4. The van der Waals surface area contributed by atoms with Crippen LogP contribution in [0, 0.1) is 0 Å². The second-order valence-corrected chi connectivity index (χ2v) is 5.82. The second-order valence-electron chi connectivity index (χ2n) is 5.82. The first-order valence-electron chi connectivity index (χ1n) is 7.32. The van der Waals surface area contributed by atoms with E-state index in [2.05, 4.69) is 4.98 Å². The minimum atomic E-state index is -0.721. The molecule has 0 aliphatic carbocycles. The second kappa shape index (κ2) is 7.24. The van der Waals surface area contributed by atoms with Crippen molar-refractivity contribution in [2.45, 2.75) is 46.6 Å². The van der Waals surface area contributed by atoms with E-state index in [1.54, 1.807) is 33.0 Å². The zero-order chi connectivity index (χ0) is 16.9. The molecule has 22 heavy (non-hydrogen) atoms. The number of nitrogens with zero attached hydrogens (tertiary/aromatic N) is 2. The number of rotatable bonds is 4. The van der Waals surface area contributed by atoms with Gasteiger partial charge in [0.1, 0.15) is 5.60 Å². The van der Waals surface area contributed by atoms with E-state index < -0.39 is 17.6 Å². The highest BCUT2D eigenvalue weighted by atomic mass is 16.6. The molecule has 0 aromatic carbocycles. The lowest BCUT2D eigenvalue weighted by Gasteiger charge is -2.23. The van der Waals surface area contributed by atoms with E-state index in [-0.39, 0.29) is 5.69 Å². The molecule has 6 heteroatoms. The number of ether oxygens (including phenoxy) is 2. The third-order valence-corrected chi connectivity index (χ3v) is 2.79. The van der Waals surface area contributed by atoms with Crippen molar-refractivity contribution in [3.63, 3.8) is 0 Å². The van der Waals surface area contributed by atoms with Gasteiger partial charge in [0, 0.05) is 13.2 Å². The maximum absolute atomic E-state index is 12.4. The quantitative estimate of drug-likeness (QED) is 0.855. The van der Waals surface area contributed by atoms with Crippen molar-refractivity contribution in [1.82, 2.24) is 9.88 Å². The summed E-state index contributed by atoms with van der Waals surface area (Å²) < 4.78 is 10.7. The Morgan fingerprint density at radius 3 is 2.41 bits per heavy atom. The number of aromatic nitrogens is 1. The Bertz CT molecular complexity index is 550. The SMILES string of the molecule is CCOc1cc(CC)cnc1C(=O)N(C)C(=O)OC(C)(C)C. The number of carbonyl (C=O) groups is 2. The molecule has 0 atom stereocenters. The fourth-order valence-corrected chi connectivity index (χ4v) is 1.68. The Hall–Kier alpha value is -2.11. The molecule has 0 fully saturated rings. The number of carbonyl (C=O) groups excluding carboxylic acids is 2. The minimum absolute atomic E-state index is 0.104. The molecule has 0 spiro atoms. The van der Waals surface area contributed by atoms with Crippen LogP contribution < -0.4 is 4.74 Å². The molecule has 1 heterocycles. The Morgan fingerprint density at radius 1 is 1.27 bits per heavy atom. The number of amides is 2. The monoisotopic (exact) mass is 308 g/mol. The van der Waals surface area contributed by atoms with Gasteiger partial charge in [-0.05, 0) is 45.7 Å². The summed E-state index contributed by atoms with van der Waals surface area (Å²) in [4.78, 5) is 29.5. The molecule has 1 rings (SSSR count). The molecule has 2 amide bonds.